The van der Waals surface area contributed by atoms with E-state index in [1.807, 2.05) is 13.8 Å². The van der Waals surface area contributed by atoms with Crippen molar-refractivity contribution in [2.45, 2.75) is 18.7 Å². The van der Waals surface area contributed by atoms with Gasteiger partial charge in [0.1, 0.15) is 11.5 Å². The maximum Gasteiger partial charge on any atom is 0.276 e. The first-order chi connectivity index (χ1) is 16.7. The van der Waals surface area contributed by atoms with Gasteiger partial charge in [-0.15, -0.1) is 0 Å². The van der Waals surface area contributed by atoms with Crippen LogP contribution in [0, 0.1) is 6.92 Å². The van der Waals surface area contributed by atoms with Gasteiger partial charge in [0.05, 0.1) is 17.2 Å². The molecule has 0 spiro atoms. The summed E-state index contributed by atoms with van der Waals surface area (Å²) in [6.45, 7) is 3.92. The summed E-state index contributed by atoms with van der Waals surface area (Å²) in [6, 6.07) is 19.4. The number of amides is 2. The van der Waals surface area contributed by atoms with Crippen LogP contribution >= 0.6 is 0 Å². The normalized spacial score (nSPS) is 10.8. The molecule has 3 aromatic carbocycles. The highest BCUT2D eigenvalue weighted by Crippen LogP contribution is 2.24. The molecule has 0 aliphatic rings. The lowest BCUT2D eigenvalue weighted by molar-refractivity contribution is -0.123. The number of hydrogen-bond donors (Lipinski definition) is 2. The van der Waals surface area contributed by atoms with Crippen LogP contribution in [0.15, 0.2) is 77.7 Å². The molecule has 35 heavy (non-hydrogen) atoms. The van der Waals surface area contributed by atoms with Crippen LogP contribution in [0.25, 0.3) is 0 Å². The summed E-state index contributed by atoms with van der Waals surface area (Å²) in [6.07, 6.45) is 0. The number of nitrogens with zero attached hydrogens (tertiary/aromatic N) is 1. The predicted molar refractivity (Wildman–Crippen MR) is 132 cm³/mol. The third kappa shape index (κ3) is 6.73. The van der Waals surface area contributed by atoms with E-state index >= 15 is 0 Å². The van der Waals surface area contributed by atoms with E-state index in [4.69, 9.17) is 9.47 Å². The number of nitrogens with one attached hydrogen (secondary N) is 2. The fourth-order valence-electron chi connectivity index (χ4n) is 3.01. The fraction of sp³-hybridized carbons (Fsp3) is 0.200. The number of sulfonamides is 1. The Morgan fingerprint density at radius 3 is 2.00 bits per heavy atom. The second-order valence-electron chi connectivity index (χ2n) is 7.53. The zero-order valence-electron chi connectivity index (χ0n) is 19.6. The number of ether oxygens (including phenoxy) is 2. The Bertz CT molecular complexity index is 1260. The summed E-state index contributed by atoms with van der Waals surface area (Å²) in [5.41, 5.74) is 6.35. The Balaban J connectivity index is 1.50. The van der Waals surface area contributed by atoms with Gasteiger partial charge >= 0.3 is 0 Å². The van der Waals surface area contributed by atoms with E-state index in [2.05, 4.69) is 10.9 Å². The number of hydrogen-bond acceptors (Lipinski definition) is 6. The maximum atomic E-state index is 12.8. The summed E-state index contributed by atoms with van der Waals surface area (Å²) < 4.78 is 37.6. The van der Waals surface area contributed by atoms with E-state index in [-0.39, 0.29) is 11.5 Å². The molecule has 184 valence electrons. The molecule has 0 aliphatic carbocycles. The highest BCUT2D eigenvalue weighted by Gasteiger charge is 2.21. The van der Waals surface area contributed by atoms with Crippen LogP contribution in [0.1, 0.15) is 22.8 Å². The molecular formula is C25H27N3O6S. The zero-order valence-corrected chi connectivity index (χ0v) is 20.5. The molecule has 0 unspecified atom stereocenters. The molecule has 0 saturated heterocycles. The molecular weight excluding hydrogens is 470 g/mol. The molecule has 2 N–H and O–H groups in total. The van der Waals surface area contributed by atoms with Crippen LogP contribution in [0.4, 0.5) is 5.69 Å². The Kier molecular flexibility index (Phi) is 8.32. The summed E-state index contributed by atoms with van der Waals surface area (Å²) in [5, 5.41) is 0. The number of benzene rings is 3. The lowest BCUT2D eigenvalue weighted by Gasteiger charge is -2.20. The maximum absolute atomic E-state index is 12.8. The lowest BCUT2D eigenvalue weighted by Crippen LogP contribution is -2.43. The fourth-order valence-corrected chi connectivity index (χ4v) is 4.21. The van der Waals surface area contributed by atoms with Crippen molar-refractivity contribution in [3.05, 3.63) is 83.9 Å². The monoisotopic (exact) mass is 497 g/mol. The summed E-state index contributed by atoms with van der Waals surface area (Å²) >= 11 is 0. The Hall–Kier alpha value is -4.05. The molecule has 0 heterocycles. The minimum absolute atomic E-state index is 0.190. The third-order valence-electron chi connectivity index (χ3n) is 4.99. The Morgan fingerprint density at radius 2 is 1.40 bits per heavy atom. The number of hydrazine groups is 1. The second kappa shape index (κ2) is 11.4. The van der Waals surface area contributed by atoms with Crippen molar-refractivity contribution >= 4 is 27.5 Å². The smallest absolute Gasteiger partial charge is 0.276 e. The summed E-state index contributed by atoms with van der Waals surface area (Å²) in [5.74, 6) is -0.0367. The average molecular weight is 498 g/mol. The van der Waals surface area contributed by atoms with Crippen molar-refractivity contribution in [3.8, 4) is 11.5 Å². The molecule has 0 fully saturated rings. The topological polar surface area (TPSA) is 114 Å². The molecule has 0 saturated carbocycles. The second-order valence-corrected chi connectivity index (χ2v) is 9.50. The first kappa shape index (κ1) is 25.6. The number of rotatable bonds is 9. The van der Waals surface area contributed by atoms with E-state index in [9.17, 15) is 18.0 Å². The molecule has 0 bridgehead atoms. The van der Waals surface area contributed by atoms with Gasteiger partial charge in [0.2, 0.25) is 0 Å². The number of carbonyl (C=O) groups is 2. The first-order valence-corrected chi connectivity index (χ1v) is 12.2. The SMILES string of the molecule is CCOc1ccc(C(=O)NNC(=O)COc2ccc(N(C)S(=O)(=O)c3ccc(C)cc3)cc2)cc1. The highest BCUT2D eigenvalue weighted by molar-refractivity contribution is 7.92. The number of carbonyl (C=O) groups excluding carboxylic acids is 2. The quantitative estimate of drug-likeness (QED) is 0.439. The molecule has 3 rings (SSSR count). The molecule has 0 aliphatic heterocycles. The van der Waals surface area contributed by atoms with E-state index in [1.54, 1.807) is 72.8 Å². The van der Waals surface area contributed by atoms with Gasteiger partial charge in [-0.2, -0.15) is 0 Å². The molecule has 9 nitrogen and oxygen atoms in total. The molecule has 0 aromatic heterocycles. The average Bonchev–Trinajstić information content (AvgIpc) is 2.86. The Labute approximate surface area is 204 Å². The molecule has 0 atom stereocenters. The standard InChI is InChI=1S/C25H27N3O6S/c1-4-33-21-11-7-19(8-12-21)25(30)27-26-24(29)17-34-22-13-9-20(10-14-22)28(3)35(31,32)23-15-5-18(2)6-16-23/h5-16H,4,17H2,1-3H3,(H,26,29)(H,27,30). The third-order valence-corrected chi connectivity index (χ3v) is 6.79. The molecule has 10 heteroatoms. The van der Waals surface area contributed by atoms with Gasteiger partial charge in [-0.05, 0) is 74.5 Å². The number of aryl methyl sites for hydroxylation is 1. The van der Waals surface area contributed by atoms with Gasteiger partial charge in [-0.1, -0.05) is 17.7 Å². The minimum atomic E-state index is -3.71. The number of anilines is 1. The van der Waals surface area contributed by atoms with Crippen LogP contribution in [0.2, 0.25) is 0 Å². The van der Waals surface area contributed by atoms with Crippen LogP contribution in [0.5, 0.6) is 11.5 Å². The molecule has 2 amide bonds. The molecule has 0 radical (unpaired) electrons. The zero-order chi connectivity index (χ0) is 25.4. The van der Waals surface area contributed by atoms with E-state index in [1.165, 1.54) is 11.4 Å². The van der Waals surface area contributed by atoms with Crippen LogP contribution in [0.3, 0.4) is 0 Å². The minimum Gasteiger partial charge on any atom is -0.494 e. The van der Waals surface area contributed by atoms with Gasteiger partial charge in [0.15, 0.2) is 6.61 Å². The summed E-state index contributed by atoms with van der Waals surface area (Å²) in [7, 11) is -2.25. The van der Waals surface area contributed by atoms with Crippen molar-refractivity contribution in [1.29, 1.82) is 0 Å². The predicted octanol–water partition coefficient (Wildman–Crippen LogP) is 3.06. The van der Waals surface area contributed by atoms with Crippen LogP contribution < -0.4 is 24.6 Å². The van der Waals surface area contributed by atoms with Crippen molar-refractivity contribution in [2.24, 2.45) is 0 Å². The summed E-state index contributed by atoms with van der Waals surface area (Å²) in [4.78, 5) is 24.3. The van der Waals surface area contributed by atoms with Crippen molar-refractivity contribution in [3.63, 3.8) is 0 Å². The van der Waals surface area contributed by atoms with Gasteiger partial charge in [-0.3, -0.25) is 24.7 Å². The lowest BCUT2D eigenvalue weighted by atomic mass is 10.2. The Morgan fingerprint density at radius 1 is 0.829 bits per heavy atom. The van der Waals surface area contributed by atoms with Crippen molar-refractivity contribution in [2.75, 3.05) is 24.6 Å². The largest absolute Gasteiger partial charge is 0.494 e. The van der Waals surface area contributed by atoms with Crippen molar-refractivity contribution in [1.82, 2.24) is 10.9 Å². The van der Waals surface area contributed by atoms with Crippen LogP contribution in [-0.2, 0) is 14.8 Å². The van der Waals surface area contributed by atoms with Gasteiger partial charge in [0.25, 0.3) is 21.8 Å². The van der Waals surface area contributed by atoms with Gasteiger partial charge in [0, 0.05) is 12.6 Å². The van der Waals surface area contributed by atoms with Gasteiger partial charge in [-0.25, -0.2) is 8.42 Å². The van der Waals surface area contributed by atoms with E-state index in [0.717, 1.165) is 5.56 Å². The van der Waals surface area contributed by atoms with Crippen molar-refractivity contribution < 1.29 is 27.5 Å². The van der Waals surface area contributed by atoms with Gasteiger partial charge < -0.3 is 9.47 Å². The van der Waals surface area contributed by atoms with E-state index < -0.39 is 21.8 Å². The van der Waals surface area contributed by atoms with Crippen LogP contribution in [-0.4, -0.2) is 40.5 Å². The first-order valence-electron chi connectivity index (χ1n) is 10.8. The highest BCUT2D eigenvalue weighted by atomic mass is 32.2. The van der Waals surface area contributed by atoms with E-state index in [0.29, 0.717) is 29.4 Å². The molecule has 3 aromatic rings.